The first-order valence-corrected chi connectivity index (χ1v) is 13.6. The second kappa shape index (κ2) is 11.0. The summed E-state index contributed by atoms with van der Waals surface area (Å²) in [5.74, 6) is -1.85. The van der Waals surface area contributed by atoms with E-state index in [2.05, 4.69) is 15.5 Å². The van der Waals surface area contributed by atoms with Crippen LogP contribution in [0.5, 0.6) is 5.75 Å². The summed E-state index contributed by atoms with van der Waals surface area (Å²) in [5.41, 5.74) is -1.31. The molecule has 0 spiro atoms. The van der Waals surface area contributed by atoms with Crippen molar-refractivity contribution < 1.29 is 19.1 Å². The zero-order chi connectivity index (χ0) is 27.6. The van der Waals surface area contributed by atoms with Crippen LogP contribution in [0.25, 0.3) is 10.6 Å². The number of aromatic nitrogens is 3. The number of carbonyl (C=O) groups excluding carboxylic acids is 2. The van der Waals surface area contributed by atoms with Crippen molar-refractivity contribution in [2.45, 2.75) is 65.0 Å². The van der Waals surface area contributed by atoms with Gasteiger partial charge >= 0.3 is 0 Å². The summed E-state index contributed by atoms with van der Waals surface area (Å²) in [6.45, 7) is 8.10. The highest BCUT2D eigenvalue weighted by molar-refractivity contribution is 7.14. The number of nitrogens with one attached hydrogen (secondary N) is 1. The number of hydrogen-bond donors (Lipinski definition) is 2. The highest BCUT2D eigenvalue weighted by Crippen LogP contribution is 2.36. The minimum Gasteiger partial charge on any atom is -0.503 e. The molecule has 3 aromatic rings. The van der Waals surface area contributed by atoms with Crippen LogP contribution >= 0.6 is 11.3 Å². The van der Waals surface area contributed by atoms with E-state index in [9.17, 15) is 23.9 Å². The van der Waals surface area contributed by atoms with E-state index in [1.54, 1.807) is 12.1 Å². The maximum Gasteiger partial charge on any atom is 0.274 e. The zero-order valence-corrected chi connectivity index (χ0v) is 22.8. The monoisotopic (exact) mass is 541 g/mol. The molecule has 1 aromatic carbocycles. The number of pyridine rings is 1. The van der Waals surface area contributed by atoms with E-state index in [-0.39, 0.29) is 40.6 Å². The molecule has 0 fully saturated rings. The van der Waals surface area contributed by atoms with Gasteiger partial charge in [0.1, 0.15) is 16.4 Å². The molecule has 0 radical (unpaired) electrons. The van der Waals surface area contributed by atoms with Crippen molar-refractivity contribution in [3.05, 3.63) is 62.8 Å². The maximum absolute atomic E-state index is 13.7. The van der Waals surface area contributed by atoms with Crippen LogP contribution in [-0.2, 0) is 16.8 Å². The Morgan fingerprint density at radius 3 is 2.55 bits per heavy atom. The highest BCUT2D eigenvalue weighted by atomic mass is 32.1. The Kier molecular flexibility index (Phi) is 7.96. The Hall–Kier alpha value is -3.60. The van der Waals surface area contributed by atoms with Gasteiger partial charge in [-0.05, 0) is 44.4 Å². The highest BCUT2D eigenvalue weighted by Gasteiger charge is 2.49. The lowest BCUT2D eigenvalue weighted by Gasteiger charge is -2.45. The van der Waals surface area contributed by atoms with Gasteiger partial charge in [0, 0.05) is 25.2 Å². The molecule has 38 heavy (non-hydrogen) atoms. The van der Waals surface area contributed by atoms with Gasteiger partial charge in [0.05, 0.1) is 12.1 Å². The minimum atomic E-state index is -1.23. The van der Waals surface area contributed by atoms with Crippen LogP contribution in [0.2, 0.25) is 0 Å². The third-order valence-corrected chi connectivity index (χ3v) is 7.91. The van der Waals surface area contributed by atoms with Crippen LogP contribution in [0.15, 0.2) is 35.3 Å². The molecule has 0 saturated heterocycles. The maximum atomic E-state index is 13.7. The van der Waals surface area contributed by atoms with Gasteiger partial charge in [0.2, 0.25) is 11.3 Å². The summed E-state index contributed by atoms with van der Waals surface area (Å²) >= 11 is 1.16. The van der Waals surface area contributed by atoms with Crippen LogP contribution < -0.4 is 10.7 Å². The predicted octanol–water partition coefficient (Wildman–Crippen LogP) is 3.69. The summed E-state index contributed by atoms with van der Waals surface area (Å²) in [4.78, 5) is 41.9. The number of benzene rings is 1. The van der Waals surface area contributed by atoms with Crippen molar-refractivity contribution in [1.82, 2.24) is 25.0 Å². The number of unbranched alkanes of at least 4 members (excludes halogenated alkanes) is 1. The Bertz CT molecular complexity index is 1400. The number of rotatable bonds is 9. The lowest BCUT2D eigenvalue weighted by Crippen LogP contribution is -2.62. The second-order valence-electron chi connectivity index (χ2n) is 9.76. The van der Waals surface area contributed by atoms with Gasteiger partial charge in [-0.25, -0.2) is 4.39 Å². The molecule has 2 N–H and O–H groups in total. The molecule has 11 heteroatoms. The molecule has 0 aliphatic carbocycles. The molecule has 3 heterocycles. The summed E-state index contributed by atoms with van der Waals surface area (Å²) in [6, 6.07) is 5.76. The molecular formula is C27H32FN5O4S. The number of nitrogens with zero attached hydrogens (tertiary/aromatic N) is 4. The van der Waals surface area contributed by atoms with Crippen LogP contribution in [0.3, 0.4) is 0 Å². The van der Waals surface area contributed by atoms with Gasteiger partial charge in [-0.3, -0.25) is 14.4 Å². The van der Waals surface area contributed by atoms with Crippen LogP contribution in [0.1, 0.15) is 68.0 Å². The second-order valence-corrected chi connectivity index (χ2v) is 10.8. The molecule has 2 amide bonds. The summed E-state index contributed by atoms with van der Waals surface area (Å²) < 4.78 is 14.7. The number of halogens is 1. The number of carbonyl (C=O) groups is 2. The number of hydrogen-bond acceptors (Lipinski definition) is 7. The summed E-state index contributed by atoms with van der Waals surface area (Å²) in [5, 5.41) is 23.2. The van der Waals surface area contributed by atoms with E-state index >= 15 is 0 Å². The normalized spacial score (nSPS) is 17.1. The first-order chi connectivity index (χ1) is 18.1. The SMILES string of the molecule is CCCCNC(=O)[C@@]1(CC)CN(C(C)C)C(=O)c2c(O)c(=O)c(-c3nnc(Cc4ccc(F)cc4)s3)cn21. The van der Waals surface area contributed by atoms with Crippen molar-refractivity contribution >= 4 is 23.2 Å². The molecule has 0 saturated carbocycles. The number of aromatic hydroxyl groups is 1. The quantitative estimate of drug-likeness (QED) is 0.399. The molecular weight excluding hydrogens is 509 g/mol. The van der Waals surface area contributed by atoms with Crippen molar-refractivity contribution in [3.8, 4) is 16.3 Å². The molecule has 9 nitrogen and oxygen atoms in total. The van der Waals surface area contributed by atoms with E-state index in [4.69, 9.17) is 0 Å². The topological polar surface area (TPSA) is 117 Å². The first kappa shape index (κ1) is 27.4. The lowest BCUT2D eigenvalue weighted by molar-refractivity contribution is -0.131. The number of amides is 2. The van der Waals surface area contributed by atoms with E-state index in [1.807, 2.05) is 27.7 Å². The van der Waals surface area contributed by atoms with Crippen molar-refractivity contribution in [3.63, 3.8) is 0 Å². The fourth-order valence-corrected chi connectivity index (χ4v) is 5.54. The Balaban J connectivity index is 1.82. The average Bonchev–Trinajstić information content (AvgIpc) is 3.35. The predicted molar refractivity (Wildman–Crippen MR) is 143 cm³/mol. The zero-order valence-electron chi connectivity index (χ0n) is 22.0. The Morgan fingerprint density at radius 2 is 1.92 bits per heavy atom. The standard InChI is InChI=1S/C27H32FN5O4S/c1-5-7-12-29-26(37)27(6-2)15-32(16(3)4)25(36)21-23(35)22(34)19(14-33(21)27)24-31-30-20(38-24)13-17-8-10-18(28)11-9-17/h8-11,14,16,35H,5-7,12-13,15H2,1-4H3,(H,29,37)/t27-/m1/s1. The average molecular weight is 542 g/mol. The molecule has 202 valence electrons. The Morgan fingerprint density at radius 1 is 1.21 bits per heavy atom. The molecule has 4 rings (SSSR count). The smallest absolute Gasteiger partial charge is 0.274 e. The van der Waals surface area contributed by atoms with Gasteiger partial charge < -0.3 is 19.9 Å². The van der Waals surface area contributed by atoms with Crippen molar-refractivity contribution in [1.29, 1.82) is 0 Å². The molecule has 0 bridgehead atoms. The third kappa shape index (κ3) is 4.94. The van der Waals surface area contributed by atoms with Gasteiger partial charge in [-0.1, -0.05) is 43.7 Å². The van der Waals surface area contributed by atoms with Gasteiger partial charge in [-0.2, -0.15) is 0 Å². The van der Waals surface area contributed by atoms with Crippen LogP contribution in [0, 0.1) is 5.82 Å². The first-order valence-electron chi connectivity index (χ1n) is 12.8. The van der Waals surface area contributed by atoms with E-state index in [0.717, 1.165) is 29.7 Å². The fourth-order valence-electron chi connectivity index (χ4n) is 4.66. The molecule has 0 unspecified atom stereocenters. The molecule has 2 aromatic heterocycles. The van der Waals surface area contributed by atoms with Crippen molar-refractivity contribution in [2.24, 2.45) is 0 Å². The Labute approximate surface area is 224 Å². The van der Waals surface area contributed by atoms with E-state index in [0.29, 0.717) is 24.4 Å². The van der Waals surface area contributed by atoms with Crippen LogP contribution in [-0.4, -0.2) is 55.7 Å². The summed E-state index contributed by atoms with van der Waals surface area (Å²) in [7, 11) is 0. The minimum absolute atomic E-state index is 0.0547. The van der Waals surface area contributed by atoms with E-state index in [1.165, 1.54) is 27.8 Å². The van der Waals surface area contributed by atoms with Crippen molar-refractivity contribution in [2.75, 3.05) is 13.1 Å². The molecule has 1 aliphatic heterocycles. The number of fused-ring (bicyclic) bond motifs is 1. The third-order valence-electron chi connectivity index (χ3n) is 6.95. The van der Waals surface area contributed by atoms with Gasteiger partial charge in [0.25, 0.3) is 5.91 Å². The lowest BCUT2D eigenvalue weighted by atomic mass is 9.88. The fraction of sp³-hybridized carbons (Fsp3) is 0.444. The largest absolute Gasteiger partial charge is 0.503 e. The van der Waals surface area contributed by atoms with E-state index < -0.39 is 22.6 Å². The molecule has 1 aliphatic rings. The van der Waals surface area contributed by atoms with Gasteiger partial charge in [-0.15, -0.1) is 10.2 Å². The molecule has 1 atom stereocenters. The van der Waals surface area contributed by atoms with Crippen LogP contribution in [0.4, 0.5) is 4.39 Å². The van der Waals surface area contributed by atoms with Gasteiger partial charge in [0.15, 0.2) is 16.5 Å². The summed E-state index contributed by atoms with van der Waals surface area (Å²) in [6.07, 6.45) is 3.87.